The van der Waals surface area contributed by atoms with Gasteiger partial charge in [0.2, 0.25) is 0 Å². The summed E-state index contributed by atoms with van der Waals surface area (Å²) in [6.07, 6.45) is 4.94. The van der Waals surface area contributed by atoms with Crippen LogP contribution in [-0.2, 0) is 18.7 Å². The molecule has 2 bridgehead atoms. The Labute approximate surface area is 308 Å². The van der Waals surface area contributed by atoms with Crippen LogP contribution in [0.15, 0.2) is 84.0 Å². The fourth-order valence-electron chi connectivity index (χ4n) is 8.23. The monoisotopic (exact) mass is 720 g/mol. The number of unbranched alkanes of at least 4 members (excludes halogenated alkanes) is 2. The van der Waals surface area contributed by atoms with E-state index in [1.54, 1.807) is 0 Å². The van der Waals surface area contributed by atoms with Crippen LogP contribution in [0.1, 0.15) is 114 Å². The average molecular weight is 721 g/mol. The van der Waals surface area contributed by atoms with E-state index in [-0.39, 0.29) is 23.8 Å². The summed E-state index contributed by atoms with van der Waals surface area (Å²) in [5.74, 6) is -2.69. The molecule has 0 aliphatic carbocycles. The van der Waals surface area contributed by atoms with Crippen molar-refractivity contribution in [1.29, 1.82) is 0 Å². The van der Waals surface area contributed by atoms with Crippen molar-refractivity contribution in [3.63, 3.8) is 0 Å². The van der Waals surface area contributed by atoms with Crippen LogP contribution < -0.4 is 10.4 Å². The van der Waals surface area contributed by atoms with Gasteiger partial charge in [0.1, 0.15) is 6.10 Å². The Balaban J connectivity index is 1.81. The molecule has 1 saturated heterocycles. The zero-order chi connectivity index (χ0) is 37.6. The van der Waals surface area contributed by atoms with E-state index in [0.29, 0.717) is 19.3 Å². The molecule has 282 valence electrons. The molecule has 3 N–H and O–H groups in total. The van der Waals surface area contributed by atoms with Crippen LogP contribution in [0.2, 0.25) is 5.04 Å². The molecule has 0 amide bonds. The number of carbonyl (C=O) groups excluding carboxylic acids is 1. The second kappa shape index (κ2) is 17.0. The lowest BCUT2D eigenvalue weighted by molar-refractivity contribution is -0.266. The predicted octanol–water partition coefficient (Wildman–Crippen LogP) is 7.36. The van der Waals surface area contributed by atoms with Gasteiger partial charge in [-0.3, -0.25) is 4.79 Å². The number of cyclic esters (lactones) is 1. The molecular weight excluding hydrogens is 657 g/mol. The molecular formula is C43H64O7Si. The first-order valence-electron chi connectivity index (χ1n) is 19.0. The first-order valence-corrected chi connectivity index (χ1v) is 20.9. The van der Waals surface area contributed by atoms with E-state index in [9.17, 15) is 20.1 Å². The summed E-state index contributed by atoms with van der Waals surface area (Å²) in [4.78, 5) is 13.7. The molecule has 0 saturated carbocycles. The number of aliphatic hydroxyl groups excluding tert-OH is 2. The van der Waals surface area contributed by atoms with E-state index in [4.69, 9.17) is 13.9 Å². The van der Waals surface area contributed by atoms with Crippen LogP contribution in [-0.4, -0.2) is 65.9 Å². The molecule has 2 aromatic carbocycles. The van der Waals surface area contributed by atoms with Crippen molar-refractivity contribution in [1.82, 2.24) is 0 Å². The van der Waals surface area contributed by atoms with Gasteiger partial charge in [-0.25, -0.2) is 0 Å². The van der Waals surface area contributed by atoms with Gasteiger partial charge in [0.25, 0.3) is 8.32 Å². The smallest absolute Gasteiger partial charge is 0.311 e. The summed E-state index contributed by atoms with van der Waals surface area (Å²) in [6.45, 7) is 18.3. The number of fused-ring (bicyclic) bond motifs is 2. The van der Waals surface area contributed by atoms with Crippen LogP contribution in [0.25, 0.3) is 0 Å². The first kappa shape index (κ1) is 41.2. The largest absolute Gasteiger partial charge is 0.462 e. The predicted molar refractivity (Wildman–Crippen MR) is 207 cm³/mol. The number of rotatable bonds is 8. The Morgan fingerprint density at radius 2 is 1.53 bits per heavy atom. The minimum atomic E-state index is -3.02. The molecule has 7 atom stereocenters. The van der Waals surface area contributed by atoms with Crippen LogP contribution in [0, 0.1) is 11.3 Å². The Bertz CT molecular complexity index is 1440. The maximum Gasteiger partial charge on any atom is 0.311 e. The van der Waals surface area contributed by atoms with Gasteiger partial charge >= 0.3 is 5.97 Å². The molecule has 7 nitrogen and oxygen atoms in total. The Kier molecular flexibility index (Phi) is 13.8. The first-order chi connectivity index (χ1) is 23.9. The van der Waals surface area contributed by atoms with E-state index >= 15 is 0 Å². The maximum atomic E-state index is 13.7. The molecule has 2 heterocycles. The molecule has 0 spiro atoms. The van der Waals surface area contributed by atoms with Gasteiger partial charge in [0.05, 0.1) is 30.8 Å². The molecule has 2 aliphatic heterocycles. The number of benzene rings is 2. The summed E-state index contributed by atoms with van der Waals surface area (Å²) in [7, 11) is -3.02. The highest BCUT2D eigenvalue weighted by molar-refractivity contribution is 6.99. The molecule has 1 unspecified atom stereocenters. The SMILES string of the molecule is CCCCC[C@@H]1C/C=C(\C)[C@@H](O)C(C)(C)[C@@H](O)[C@@H](C)/C=C(\C)[C@@H]2C[C@H](O[Si](c3ccccc3)(c3ccccc3)C(C)(C)C)CC(O)(CC(=O)O1)O2. The minimum absolute atomic E-state index is 0.104. The lowest BCUT2D eigenvalue weighted by Crippen LogP contribution is -2.68. The van der Waals surface area contributed by atoms with Gasteiger partial charge in [0, 0.05) is 30.6 Å². The van der Waals surface area contributed by atoms with Crippen LogP contribution in [0.4, 0.5) is 0 Å². The van der Waals surface area contributed by atoms with Crippen molar-refractivity contribution >= 4 is 24.7 Å². The van der Waals surface area contributed by atoms with Gasteiger partial charge < -0.3 is 29.2 Å². The van der Waals surface area contributed by atoms with Gasteiger partial charge in [-0.1, -0.05) is 134 Å². The lowest BCUT2D eigenvalue weighted by atomic mass is 9.73. The number of hydrogen-bond donors (Lipinski definition) is 3. The Morgan fingerprint density at radius 3 is 2.08 bits per heavy atom. The van der Waals surface area contributed by atoms with E-state index in [1.165, 1.54) is 0 Å². The number of aliphatic hydroxyl groups is 3. The van der Waals surface area contributed by atoms with Crippen molar-refractivity contribution in [3.05, 3.63) is 84.0 Å². The van der Waals surface area contributed by atoms with E-state index in [2.05, 4.69) is 76.2 Å². The number of esters is 1. The maximum absolute atomic E-state index is 13.7. The lowest BCUT2D eigenvalue weighted by Gasteiger charge is -2.49. The minimum Gasteiger partial charge on any atom is -0.462 e. The summed E-state index contributed by atoms with van der Waals surface area (Å²) in [5.41, 5.74) is 0.689. The molecule has 4 rings (SSSR count). The number of hydrogen-bond acceptors (Lipinski definition) is 7. The van der Waals surface area contributed by atoms with Crippen LogP contribution >= 0.6 is 0 Å². The molecule has 0 aromatic heterocycles. The quantitative estimate of drug-likeness (QED) is 0.113. The highest BCUT2D eigenvalue weighted by atomic mass is 28.4. The highest BCUT2D eigenvalue weighted by Gasteiger charge is 2.54. The van der Waals surface area contributed by atoms with Crippen molar-refractivity contribution in [2.45, 2.75) is 155 Å². The second-order valence-corrected chi connectivity index (χ2v) is 21.1. The molecule has 2 aliphatic rings. The second-order valence-electron chi connectivity index (χ2n) is 16.8. The average Bonchev–Trinajstić information content (AvgIpc) is 3.07. The van der Waals surface area contributed by atoms with Crippen molar-refractivity contribution < 1.29 is 34.0 Å². The molecule has 0 radical (unpaired) electrons. The Hall–Kier alpha value is -2.59. The summed E-state index contributed by atoms with van der Waals surface area (Å²) < 4.78 is 20.1. The highest BCUT2D eigenvalue weighted by Crippen LogP contribution is 2.43. The zero-order valence-electron chi connectivity index (χ0n) is 32.5. The number of ether oxygens (including phenoxy) is 2. The van der Waals surface area contributed by atoms with Gasteiger partial charge in [0.15, 0.2) is 5.79 Å². The van der Waals surface area contributed by atoms with Crippen molar-refractivity contribution in [2.24, 2.45) is 11.3 Å². The van der Waals surface area contributed by atoms with E-state index in [1.807, 2.05) is 58.9 Å². The van der Waals surface area contributed by atoms with Gasteiger partial charge in [-0.15, -0.1) is 0 Å². The fourth-order valence-corrected chi connectivity index (χ4v) is 12.9. The van der Waals surface area contributed by atoms with Crippen molar-refractivity contribution in [3.8, 4) is 0 Å². The fraction of sp³-hybridized carbons (Fsp3) is 0.605. The topological polar surface area (TPSA) is 105 Å². The van der Waals surface area contributed by atoms with E-state index < -0.39 is 56.0 Å². The van der Waals surface area contributed by atoms with Crippen LogP contribution in [0.5, 0.6) is 0 Å². The van der Waals surface area contributed by atoms with Crippen LogP contribution in [0.3, 0.4) is 0 Å². The number of carbonyl (C=O) groups is 1. The third-order valence-corrected chi connectivity index (χ3v) is 16.2. The van der Waals surface area contributed by atoms with Gasteiger partial charge in [-0.05, 0) is 53.2 Å². The third kappa shape index (κ3) is 9.70. The molecule has 2 aromatic rings. The third-order valence-electron chi connectivity index (χ3n) is 11.1. The summed E-state index contributed by atoms with van der Waals surface area (Å²) in [5, 5.41) is 37.4. The summed E-state index contributed by atoms with van der Waals surface area (Å²) >= 11 is 0. The zero-order valence-corrected chi connectivity index (χ0v) is 33.5. The van der Waals surface area contributed by atoms with E-state index in [0.717, 1.165) is 40.8 Å². The molecule has 51 heavy (non-hydrogen) atoms. The normalized spacial score (nSPS) is 31.9. The standard InChI is InChI=1S/C43H64O7Si/c1-10-11-14-19-33-25-24-30(2)39(45)42(8,9)40(46)32(4)26-31(3)37-27-34(28-43(47,49-37)29-38(44)48-33)50-51(41(5,6)7,35-20-15-12-16-21-35)36-22-17-13-18-23-36/h12-13,15-18,20-24,26,32-34,37,39-40,45-47H,10-11,14,19,25,27-29H2,1-9H3/b30-24+,31-26+/t32-,33+,34-,37-,39+,40-,43?/m0/s1. The van der Waals surface area contributed by atoms with Gasteiger partial charge in [-0.2, -0.15) is 0 Å². The Morgan fingerprint density at radius 1 is 0.941 bits per heavy atom. The summed E-state index contributed by atoms with van der Waals surface area (Å²) in [6, 6.07) is 20.8. The molecule has 1 fully saturated rings. The molecule has 8 heteroatoms. The van der Waals surface area contributed by atoms with Crippen molar-refractivity contribution in [2.75, 3.05) is 0 Å².